The summed E-state index contributed by atoms with van der Waals surface area (Å²) in [6, 6.07) is 20.3. The van der Waals surface area contributed by atoms with Crippen molar-refractivity contribution in [3.63, 3.8) is 0 Å². The van der Waals surface area contributed by atoms with Crippen molar-refractivity contribution in [1.29, 1.82) is 0 Å². The predicted molar refractivity (Wildman–Crippen MR) is 165 cm³/mol. The van der Waals surface area contributed by atoms with Crippen LogP contribution >= 0.6 is 11.8 Å². The Bertz CT molecular complexity index is 1850. The van der Waals surface area contributed by atoms with Crippen LogP contribution in [0.15, 0.2) is 94.7 Å². The van der Waals surface area contributed by atoms with Crippen molar-refractivity contribution in [3.8, 4) is 0 Å². The molecular weight excluding hydrogens is 632 g/mol. The summed E-state index contributed by atoms with van der Waals surface area (Å²) in [6.07, 6.45) is 0. The SMILES string of the molecule is COC(=O)c1ccc(COC(=O)c2ccc(Sc3ccc(C(=O)O)c(C(=O)OCc4ccc(C(=O)OC)cc4)c3)cc2C(=O)O)cc1. The molecule has 0 aliphatic heterocycles. The van der Waals surface area contributed by atoms with E-state index in [2.05, 4.69) is 9.47 Å². The van der Waals surface area contributed by atoms with Gasteiger partial charge < -0.3 is 29.2 Å². The molecule has 0 aliphatic carbocycles. The monoisotopic (exact) mass is 658 g/mol. The molecule has 4 aromatic rings. The summed E-state index contributed by atoms with van der Waals surface area (Å²) in [5, 5.41) is 19.4. The van der Waals surface area contributed by atoms with E-state index in [-0.39, 0.29) is 35.5 Å². The second-order valence-corrected chi connectivity index (χ2v) is 10.8. The van der Waals surface area contributed by atoms with Crippen LogP contribution in [-0.2, 0) is 32.2 Å². The molecule has 4 aromatic carbocycles. The van der Waals surface area contributed by atoms with E-state index in [1.807, 2.05) is 0 Å². The average Bonchev–Trinajstić information content (AvgIpc) is 3.09. The number of rotatable bonds is 12. The van der Waals surface area contributed by atoms with Gasteiger partial charge in [-0.25, -0.2) is 28.8 Å². The number of ether oxygens (including phenoxy) is 4. The molecule has 0 atom stereocenters. The summed E-state index contributed by atoms with van der Waals surface area (Å²) in [4.78, 5) is 73.6. The third kappa shape index (κ3) is 8.61. The second kappa shape index (κ2) is 15.4. The maximum atomic E-state index is 12.9. The third-order valence-corrected chi connectivity index (χ3v) is 7.59. The molecule has 0 spiro atoms. The minimum atomic E-state index is -1.38. The van der Waals surface area contributed by atoms with E-state index in [0.717, 1.165) is 11.8 Å². The Kier molecular flexibility index (Phi) is 11.1. The molecule has 4 rings (SSSR count). The van der Waals surface area contributed by atoms with Gasteiger partial charge in [-0.2, -0.15) is 0 Å². The van der Waals surface area contributed by atoms with Crippen LogP contribution in [0.25, 0.3) is 0 Å². The maximum Gasteiger partial charge on any atom is 0.339 e. The molecule has 240 valence electrons. The predicted octanol–water partition coefficient (Wildman–Crippen LogP) is 5.52. The maximum absolute atomic E-state index is 12.9. The number of hydrogen-bond donors (Lipinski definition) is 2. The number of hydrogen-bond acceptors (Lipinski definition) is 11. The Labute approximate surface area is 271 Å². The minimum absolute atomic E-state index is 0.177. The highest BCUT2D eigenvalue weighted by molar-refractivity contribution is 7.99. The number of aromatic carboxylic acids is 2. The minimum Gasteiger partial charge on any atom is -0.478 e. The van der Waals surface area contributed by atoms with Crippen LogP contribution in [0.3, 0.4) is 0 Å². The zero-order valence-electron chi connectivity index (χ0n) is 24.9. The van der Waals surface area contributed by atoms with Gasteiger partial charge in [0.05, 0.1) is 47.6 Å². The molecule has 0 radical (unpaired) electrons. The first-order valence-electron chi connectivity index (χ1n) is 13.6. The van der Waals surface area contributed by atoms with E-state index >= 15 is 0 Å². The lowest BCUT2D eigenvalue weighted by atomic mass is 10.1. The van der Waals surface area contributed by atoms with Gasteiger partial charge >= 0.3 is 35.8 Å². The summed E-state index contributed by atoms with van der Waals surface area (Å²) < 4.78 is 19.9. The standard InChI is InChI=1S/C34H26O12S/c1-43-31(39)21-7-3-19(4-8-21)17-45-33(41)26-14-12-23(15-27(26)30(37)38)47-24-11-13-25(29(35)36)28(16-24)34(42)46-18-20-5-9-22(10-6-20)32(40)44-2/h3-16H,17-18H2,1-2H3,(H,35,36)(H,37,38). The highest BCUT2D eigenvalue weighted by Crippen LogP contribution is 2.31. The van der Waals surface area contributed by atoms with Gasteiger partial charge in [0.15, 0.2) is 0 Å². The fraction of sp³-hybridized carbons (Fsp3) is 0.118. The number of carboxylic acids is 2. The Morgan fingerprint density at radius 2 is 0.915 bits per heavy atom. The molecule has 0 unspecified atom stereocenters. The van der Waals surface area contributed by atoms with Crippen molar-refractivity contribution in [2.45, 2.75) is 23.0 Å². The van der Waals surface area contributed by atoms with Crippen LogP contribution in [0.5, 0.6) is 0 Å². The van der Waals surface area contributed by atoms with Gasteiger partial charge in [0.25, 0.3) is 0 Å². The van der Waals surface area contributed by atoms with Crippen LogP contribution in [0, 0.1) is 0 Å². The van der Waals surface area contributed by atoms with E-state index in [0.29, 0.717) is 32.0 Å². The van der Waals surface area contributed by atoms with Gasteiger partial charge in [0, 0.05) is 9.79 Å². The molecule has 0 saturated carbocycles. The molecule has 13 heteroatoms. The van der Waals surface area contributed by atoms with Crippen molar-refractivity contribution in [2.24, 2.45) is 0 Å². The van der Waals surface area contributed by atoms with Gasteiger partial charge in [-0.15, -0.1) is 0 Å². The van der Waals surface area contributed by atoms with Crippen molar-refractivity contribution in [1.82, 2.24) is 0 Å². The fourth-order valence-corrected chi connectivity index (χ4v) is 5.08. The van der Waals surface area contributed by atoms with Crippen LogP contribution in [0.1, 0.15) is 73.3 Å². The summed E-state index contributed by atoms with van der Waals surface area (Å²) in [6.45, 7) is -0.376. The number of esters is 4. The second-order valence-electron chi connectivity index (χ2n) is 9.66. The molecule has 0 amide bonds. The number of carbonyl (C=O) groups excluding carboxylic acids is 4. The topological polar surface area (TPSA) is 180 Å². The molecule has 0 fully saturated rings. The molecule has 0 saturated heterocycles. The van der Waals surface area contributed by atoms with Crippen molar-refractivity contribution >= 4 is 47.6 Å². The zero-order valence-corrected chi connectivity index (χ0v) is 25.7. The number of methoxy groups -OCH3 is 2. The lowest BCUT2D eigenvalue weighted by Gasteiger charge is -2.11. The highest BCUT2D eigenvalue weighted by atomic mass is 32.2. The summed E-state index contributed by atoms with van der Waals surface area (Å²) in [5.41, 5.74) is 0.667. The Hall–Kier alpha value is -5.95. The van der Waals surface area contributed by atoms with Gasteiger partial charge in [0.1, 0.15) is 13.2 Å². The number of benzene rings is 4. The van der Waals surface area contributed by atoms with E-state index in [4.69, 9.17) is 9.47 Å². The molecule has 0 bridgehead atoms. The van der Waals surface area contributed by atoms with E-state index < -0.39 is 35.8 Å². The fourth-order valence-electron chi connectivity index (χ4n) is 4.18. The van der Waals surface area contributed by atoms with Gasteiger partial charge in [-0.05, 0) is 71.8 Å². The van der Waals surface area contributed by atoms with E-state index in [1.54, 1.807) is 24.3 Å². The first-order valence-corrected chi connectivity index (χ1v) is 14.4. The van der Waals surface area contributed by atoms with Crippen molar-refractivity contribution < 1.29 is 57.9 Å². The summed E-state index contributed by atoms with van der Waals surface area (Å²) >= 11 is 1.03. The first kappa shape index (κ1) is 33.9. The van der Waals surface area contributed by atoms with Crippen LogP contribution in [0.4, 0.5) is 0 Å². The lowest BCUT2D eigenvalue weighted by Crippen LogP contribution is -2.12. The van der Waals surface area contributed by atoms with E-state index in [9.17, 15) is 39.0 Å². The average molecular weight is 659 g/mol. The molecule has 12 nitrogen and oxygen atoms in total. The smallest absolute Gasteiger partial charge is 0.339 e. The molecule has 0 heterocycles. The molecule has 47 heavy (non-hydrogen) atoms. The molecule has 0 aromatic heterocycles. The van der Waals surface area contributed by atoms with Gasteiger partial charge in [0.2, 0.25) is 0 Å². The molecule has 2 N–H and O–H groups in total. The Morgan fingerprint density at radius 3 is 1.34 bits per heavy atom. The third-order valence-electron chi connectivity index (χ3n) is 6.61. The number of carboxylic acid groups (broad SMARTS) is 2. The number of carbonyl (C=O) groups is 6. The van der Waals surface area contributed by atoms with Gasteiger partial charge in [-0.3, -0.25) is 0 Å². The quantitative estimate of drug-likeness (QED) is 0.144. The van der Waals surface area contributed by atoms with Crippen LogP contribution < -0.4 is 0 Å². The molecule has 0 aliphatic rings. The first-order chi connectivity index (χ1) is 22.5. The lowest BCUT2D eigenvalue weighted by molar-refractivity contribution is 0.0457. The van der Waals surface area contributed by atoms with Crippen LogP contribution in [-0.4, -0.2) is 60.2 Å². The van der Waals surface area contributed by atoms with Crippen molar-refractivity contribution in [2.75, 3.05) is 14.2 Å². The largest absolute Gasteiger partial charge is 0.478 e. The summed E-state index contributed by atoms with van der Waals surface area (Å²) in [7, 11) is 2.51. The Morgan fingerprint density at radius 1 is 0.511 bits per heavy atom. The van der Waals surface area contributed by atoms with Crippen molar-refractivity contribution in [3.05, 3.63) is 129 Å². The van der Waals surface area contributed by atoms with E-state index in [1.165, 1.54) is 74.9 Å². The highest BCUT2D eigenvalue weighted by Gasteiger charge is 2.22. The zero-order chi connectivity index (χ0) is 34.1. The van der Waals surface area contributed by atoms with Crippen LogP contribution in [0.2, 0.25) is 0 Å². The summed E-state index contributed by atoms with van der Waals surface area (Å²) in [5.74, 6) is -5.58. The Balaban J connectivity index is 1.47. The van der Waals surface area contributed by atoms with Gasteiger partial charge in [-0.1, -0.05) is 36.0 Å². The molecular formula is C34H26O12S. The normalized spacial score (nSPS) is 10.4.